The maximum atomic E-state index is 12.6. The van der Waals surface area contributed by atoms with E-state index in [4.69, 9.17) is 4.42 Å². The third-order valence-electron chi connectivity index (χ3n) is 4.83. The van der Waals surface area contributed by atoms with Gasteiger partial charge in [-0.2, -0.15) is 0 Å². The normalized spacial score (nSPS) is 14.9. The zero-order valence-corrected chi connectivity index (χ0v) is 14.1. The van der Waals surface area contributed by atoms with Crippen LogP contribution in [0, 0.1) is 0 Å². The summed E-state index contributed by atoms with van der Waals surface area (Å²) < 4.78 is 5.93. The molecule has 2 aromatic carbocycles. The lowest BCUT2D eigenvalue weighted by atomic mass is 10.0. The summed E-state index contributed by atoms with van der Waals surface area (Å²) in [5.74, 6) is -1.45. The summed E-state index contributed by atoms with van der Waals surface area (Å²) in [4.78, 5) is 14.7. The Morgan fingerprint density at radius 3 is 2.35 bits per heavy atom. The van der Waals surface area contributed by atoms with Gasteiger partial charge in [-0.15, -0.1) is 0 Å². The summed E-state index contributed by atoms with van der Waals surface area (Å²) in [6.45, 7) is 2.06. The number of benzene rings is 2. The lowest BCUT2D eigenvalue weighted by Gasteiger charge is -2.18. The predicted molar refractivity (Wildman–Crippen MR) is 97.4 cm³/mol. The van der Waals surface area contributed by atoms with E-state index in [-0.39, 0.29) is 11.0 Å². The number of nitrogens with zero attached hydrogens (tertiary/aromatic N) is 1. The van der Waals surface area contributed by atoms with E-state index < -0.39 is 22.7 Å². The van der Waals surface area contributed by atoms with E-state index in [1.165, 1.54) is 6.07 Å². The van der Waals surface area contributed by atoms with Gasteiger partial charge in [0.25, 0.3) is 0 Å². The van der Waals surface area contributed by atoms with Gasteiger partial charge in [-0.25, -0.2) is 0 Å². The summed E-state index contributed by atoms with van der Waals surface area (Å²) in [6, 6.07) is 10.4. The number of likely N-dealkylation sites (tertiary alicyclic amines) is 1. The van der Waals surface area contributed by atoms with E-state index in [1.807, 2.05) is 30.3 Å². The highest BCUT2D eigenvalue weighted by atomic mass is 16.3. The van der Waals surface area contributed by atoms with Gasteiger partial charge in [0.15, 0.2) is 22.5 Å². The molecule has 0 saturated carbocycles. The smallest absolute Gasteiger partial charge is 0.201 e. The fraction of sp³-hybridized carbons (Fsp3) is 0.250. The highest BCUT2D eigenvalue weighted by molar-refractivity contribution is 5.92. The van der Waals surface area contributed by atoms with Crippen molar-refractivity contribution in [3.8, 4) is 28.6 Å². The van der Waals surface area contributed by atoms with E-state index in [2.05, 4.69) is 4.90 Å². The molecule has 26 heavy (non-hydrogen) atoms. The third kappa shape index (κ3) is 2.68. The minimum absolute atomic E-state index is 0.107. The number of hydrogen-bond acceptors (Lipinski definition) is 6. The van der Waals surface area contributed by atoms with Crippen molar-refractivity contribution in [3.63, 3.8) is 0 Å². The number of aromatic hydroxyl groups is 3. The molecule has 3 N–H and O–H groups in total. The summed E-state index contributed by atoms with van der Waals surface area (Å²) in [6.07, 6.45) is 2.12. The lowest BCUT2D eigenvalue weighted by molar-refractivity contribution is 0.316. The topological polar surface area (TPSA) is 94.1 Å². The molecule has 0 spiro atoms. The molecule has 0 bridgehead atoms. The van der Waals surface area contributed by atoms with Crippen LogP contribution in [0.2, 0.25) is 0 Å². The summed E-state index contributed by atoms with van der Waals surface area (Å²) >= 11 is 0. The van der Waals surface area contributed by atoms with Crippen LogP contribution in [0.1, 0.15) is 18.4 Å². The Bertz CT molecular complexity index is 1020. The van der Waals surface area contributed by atoms with Gasteiger partial charge in [-0.3, -0.25) is 9.69 Å². The zero-order chi connectivity index (χ0) is 18.3. The maximum absolute atomic E-state index is 12.6. The largest absolute Gasteiger partial charge is 0.504 e. The molecule has 4 rings (SSSR count). The highest BCUT2D eigenvalue weighted by Crippen LogP contribution is 2.44. The van der Waals surface area contributed by atoms with Gasteiger partial charge in [0, 0.05) is 18.2 Å². The molecule has 1 aliphatic heterocycles. The number of phenolic OH excluding ortho intramolecular Hbond substituents is 3. The molecule has 0 atom stereocenters. The van der Waals surface area contributed by atoms with E-state index in [9.17, 15) is 20.1 Å². The number of phenols is 3. The molecular weight excluding hydrogens is 334 g/mol. The van der Waals surface area contributed by atoms with Crippen LogP contribution in [0.5, 0.6) is 17.2 Å². The number of fused-ring (bicyclic) bond motifs is 1. The molecular formula is C20H19NO5. The zero-order valence-electron chi connectivity index (χ0n) is 14.1. The molecule has 0 amide bonds. The van der Waals surface area contributed by atoms with Crippen molar-refractivity contribution in [3.05, 3.63) is 52.2 Å². The Morgan fingerprint density at radius 1 is 0.962 bits per heavy atom. The number of hydrogen-bond donors (Lipinski definition) is 3. The van der Waals surface area contributed by atoms with Crippen LogP contribution < -0.4 is 5.43 Å². The third-order valence-corrected chi connectivity index (χ3v) is 4.83. The fourth-order valence-electron chi connectivity index (χ4n) is 3.47. The molecule has 0 aliphatic carbocycles. The second kappa shape index (κ2) is 6.38. The standard InChI is InChI=1S/C20H19NO5/c22-14-10-15(12-6-2-1-3-7-12)26-20-13(11-21-8-4-5-9-21)17(23)19(25)18(24)16(14)20/h1-3,6-7,10,23-25H,4-5,8-9,11H2. The lowest BCUT2D eigenvalue weighted by Crippen LogP contribution is -2.19. The van der Waals surface area contributed by atoms with Gasteiger partial charge in [0.2, 0.25) is 5.75 Å². The summed E-state index contributed by atoms with van der Waals surface area (Å²) in [5.41, 5.74) is 0.661. The molecule has 0 unspecified atom stereocenters. The summed E-state index contributed by atoms with van der Waals surface area (Å²) in [5, 5.41) is 30.5. The van der Waals surface area contributed by atoms with Crippen molar-refractivity contribution in [2.24, 2.45) is 0 Å². The van der Waals surface area contributed by atoms with Crippen molar-refractivity contribution in [1.29, 1.82) is 0 Å². The average Bonchev–Trinajstić information content (AvgIpc) is 3.17. The van der Waals surface area contributed by atoms with E-state index in [0.717, 1.165) is 25.9 Å². The van der Waals surface area contributed by atoms with E-state index >= 15 is 0 Å². The Labute approximate surface area is 149 Å². The first-order chi connectivity index (χ1) is 12.6. The van der Waals surface area contributed by atoms with Crippen molar-refractivity contribution in [2.75, 3.05) is 13.1 Å². The molecule has 1 aliphatic rings. The van der Waals surface area contributed by atoms with Crippen LogP contribution in [0.15, 0.2) is 45.6 Å². The molecule has 2 heterocycles. The number of rotatable bonds is 3. The molecule has 6 nitrogen and oxygen atoms in total. The van der Waals surface area contributed by atoms with Crippen molar-refractivity contribution in [2.45, 2.75) is 19.4 Å². The van der Waals surface area contributed by atoms with Crippen molar-refractivity contribution >= 4 is 11.0 Å². The molecule has 6 heteroatoms. The molecule has 0 radical (unpaired) electrons. The van der Waals surface area contributed by atoms with Crippen LogP contribution in [-0.2, 0) is 6.54 Å². The molecule has 3 aromatic rings. The van der Waals surface area contributed by atoms with E-state index in [1.54, 1.807) is 0 Å². The predicted octanol–water partition coefficient (Wildman–Crippen LogP) is 3.17. The van der Waals surface area contributed by atoms with Crippen LogP contribution >= 0.6 is 0 Å². The van der Waals surface area contributed by atoms with Crippen LogP contribution in [-0.4, -0.2) is 33.3 Å². The summed E-state index contributed by atoms with van der Waals surface area (Å²) in [7, 11) is 0. The van der Waals surface area contributed by atoms with E-state index in [0.29, 0.717) is 23.4 Å². The van der Waals surface area contributed by atoms with Crippen molar-refractivity contribution in [1.82, 2.24) is 4.90 Å². The first-order valence-electron chi connectivity index (χ1n) is 8.57. The molecule has 134 valence electrons. The average molecular weight is 353 g/mol. The Kier molecular flexibility index (Phi) is 4.05. The van der Waals surface area contributed by atoms with Crippen LogP contribution in [0.25, 0.3) is 22.3 Å². The van der Waals surface area contributed by atoms with Gasteiger partial charge in [-0.05, 0) is 25.9 Å². The van der Waals surface area contributed by atoms with Crippen LogP contribution in [0.4, 0.5) is 0 Å². The van der Waals surface area contributed by atoms with Gasteiger partial charge in [0.05, 0.1) is 5.56 Å². The Balaban J connectivity index is 1.98. The Morgan fingerprint density at radius 2 is 1.65 bits per heavy atom. The minimum Gasteiger partial charge on any atom is -0.504 e. The SMILES string of the molecule is O=c1cc(-c2ccccc2)oc2c(CN3CCCC3)c(O)c(O)c(O)c12. The molecule has 1 aromatic heterocycles. The van der Waals surface area contributed by atoms with Gasteiger partial charge in [-0.1, -0.05) is 30.3 Å². The fourth-order valence-corrected chi connectivity index (χ4v) is 3.47. The second-order valence-corrected chi connectivity index (χ2v) is 6.55. The maximum Gasteiger partial charge on any atom is 0.201 e. The highest BCUT2D eigenvalue weighted by Gasteiger charge is 2.25. The first-order valence-corrected chi connectivity index (χ1v) is 8.57. The first kappa shape index (κ1) is 16.5. The molecule has 1 saturated heterocycles. The second-order valence-electron chi connectivity index (χ2n) is 6.55. The monoisotopic (exact) mass is 353 g/mol. The van der Waals surface area contributed by atoms with Crippen molar-refractivity contribution < 1.29 is 19.7 Å². The quantitative estimate of drug-likeness (QED) is 0.626. The minimum atomic E-state index is -0.688. The molecule has 1 fully saturated rings. The Hall–Kier alpha value is -2.99. The van der Waals surface area contributed by atoms with Gasteiger partial charge >= 0.3 is 0 Å². The van der Waals surface area contributed by atoms with Gasteiger partial charge < -0.3 is 19.7 Å². The van der Waals surface area contributed by atoms with Gasteiger partial charge in [0.1, 0.15) is 11.1 Å². The van der Waals surface area contributed by atoms with Crippen LogP contribution in [0.3, 0.4) is 0 Å².